The number of benzene rings is 4. The molecule has 0 radical (unpaired) electrons. The molecule has 12 heteroatoms. The van der Waals surface area contributed by atoms with Crippen molar-refractivity contribution in [1.82, 2.24) is 10.2 Å². The molecule has 0 saturated heterocycles. The van der Waals surface area contributed by atoms with Crippen LogP contribution in [-0.4, -0.2) is 71.7 Å². The highest BCUT2D eigenvalue weighted by Crippen LogP contribution is 2.38. The summed E-state index contributed by atoms with van der Waals surface area (Å²) in [7, 11) is 1.21. The van der Waals surface area contributed by atoms with Crippen molar-refractivity contribution in [3.63, 3.8) is 0 Å². The van der Waals surface area contributed by atoms with Crippen LogP contribution in [0.3, 0.4) is 0 Å². The van der Waals surface area contributed by atoms with Gasteiger partial charge in [0.2, 0.25) is 11.8 Å². The first kappa shape index (κ1) is 38.6. The fourth-order valence-corrected chi connectivity index (χ4v) is 7.02. The van der Waals surface area contributed by atoms with Crippen molar-refractivity contribution in [2.24, 2.45) is 0 Å². The van der Waals surface area contributed by atoms with Crippen LogP contribution in [0.4, 0.5) is 5.69 Å². The van der Waals surface area contributed by atoms with Crippen LogP contribution in [0.25, 0.3) is 0 Å². The molecule has 0 heterocycles. The number of amides is 2. The zero-order valence-electron chi connectivity index (χ0n) is 30.4. The van der Waals surface area contributed by atoms with Crippen molar-refractivity contribution < 1.29 is 37.0 Å². The van der Waals surface area contributed by atoms with E-state index >= 15 is 0 Å². The number of carbonyl (C=O) groups is 2. The Balaban J connectivity index is 1.92. The molecule has 0 aliphatic heterocycles. The summed E-state index contributed by atoms with van der Waals surface area (Å²) in [6.07, 6.45) is 0.186. The van der Waals surface area contributed by atoms with E-state index in [0.29, 0.717) is 11.5 Å². The molecule has 4 rings (SSSR count). The Morgan fingerprint density at radius 3 is 2.00 bits per heavy atom. The Morgan fingerprint density at radius 2 is 1.39 bits per heavy atom. The monoisotopic (exact) mass is 717 g/mol. The maximum absolute atomic E-state index is 14.9. The van der Waals surface area contributed by atoms with Crippen LogP contribution in [0.5, 0.6) is 23.0 Å². The SMILES string of the molecule is COc1ccc(OC)c(N(CC(=O)N(Cc2ccccc2C)[C@@H](Cc2ccccc2)C(=O)NC(C)(C)C)S(=O)(=O)c2ccc(OC)c(OC)c2)c1. The minimum absolute atomic E-state index is 0.0417. The number of nitrogens with zero attached hydrogens (tertiary/aromatic N) is 2. The van der Waals surface area contributed by atoms with E-state index < -0.39 is 34.1 Å². The van der Waals surface area contributed by atoms with Crippen LogP contribution < -0.4 is 28.6 Å². The maximum Gasteiger partial charge on any atom is 0.265 e. The summed E-state index contributed by atoms with van der Waals surface area (Å²) < 4.78 is 52.2. The van der Waals surface area contributed by atoms with Gasteiger partial charge in [-0.15, -0.1) is 0 Å². The lowest BCUT2D eigenvalue weighted by molar-refractivity contribution is -0.140. The number of ether oxygens (including phenoxy) is 4. The van der Waals surface area contributed by atoms with Crippen molar-refractivity contribution in [2.75, 3.05) is 39.3 Å². The summed E-state index contributed by atoms with van der Waals surface area (Å²) in [4.78, 5) is 30.4. The number of anilines is 1. The second kappa shape index (κ2) is 16.7. The molecule has 0 bridgehead atoms. The Kier molecular flexibility index (Phi) is 12.6. The van der Waals surface area contributed by atoms with Gasteiger partial charge >= 0.3 is 0 Å². The summed E-state index contributed by atoms with van der Waals surface area (Å²) in [5, 5.41) is 3.05. The minimum atomic E-state index is -4.50. The second-order valence-electron chi connectivity index (χ2n) is 13.0. The third-order valence-electron chi connectivity index (χ3n) is 8.25. The van der Waals surface area contributed by atoms with E-state index in [2.05, 4.69) is 5.32 Å². The summed E-state index contributed by atoms with van der Waals surface area (Å²) in [6.45, 7) is 6.88. The summed E-state index contributed by atoms with van der Waals surface area (Å²) in [5.41, 5.74) is 2.00. The molecule has 0 unspecified atom stereocenters. The lowest BCUT2D eigenvalue weighted by Crippen LogP contribution is -2.56. The molecule has 1 atom stereocenters. The van der Waals surface area contributed by atoms with Crippen LogP contribution in [0, 0.1) is 6.92 Å². The average molecular weight is 718 g/mol. The molecular formula is C39H47N3O8S. The molecule has 2 amide bonds. The molecule has 4 aromatic carbocycles. The topological polar surface area (TPSA) is 124 Å². The van der Waals surface area contributed by atoms with E-state index in [9.17, 15) is 18.0 Å². The molecular weight excluding hydrogens is 671 g/mol. The van der Waals surface area contributed by atoms with E-state index in [4.69, 9.17) is 18.9 Å². The van der Waals surface area contributed by atoms with Crippen molar-refractivity contribution in [1.29, 1.82) is 0 Å². The standard InChI is InChI=1S/C39H47N3O8S/c1-27-14-12-13-17-29(27)25-41(33(38(44)40-39(2,3)4)22-28-15-10-9-11-16-28)37(43)26-42(32-23-30(47-5)18-20-34(32)48-6)51(45,46)31-19-21-35(49-7)36(24-31)50-8/h9-21,23-24,33H,22,25-26H2,1-8H3,(H,40,44)/t33-/m0/s1. The third-order valence-corrected chi connectivity index (χ3v) is 10.0. The Hall–Kier alpha value is -5.23. The van der Waals surface area contributed by atoms with Crippen LogP contribution >= 0.6 is 0 Å². The second-order valence-corrected chi connectivity index (χ2v) is 14.8. The molecule has 0 aliphatic rings. The highest BCUT2D eigenvalue weighted by molar-refractivity contribution is 7.92. The van der Waals surface area contributed by atoms with Gasteiger partial charge in [0.05, 0.1) is 39.0 Å². The van der Waals surface area contributed by atoms with Crippen molar-refractivity contribution in [2.45, 2.75) is 57.1 Å². The van der Waals surface area contributed by atoms with E-state index in [-0.39, 0.29) is 41.0 Å². The molecule has 1 N–H and O–H groups in total. The quantitative estimate of drug-likeness (QED) is 0.164. The van der Waals surface area contributed by atoms with E-state index in [0.717, 1.165) is 21.0 Å². The van der Waals surface area contributed by atoms with Gasteiger partial charge in [-0.25, -0.2) is 8.42 Å². The number of hydrogen-bond donors (Lipinski definition) is 1. The summed E-state index contributed by atoms with van der Waals surface area (Å²) in [6, 6.07) is 24.8. The number of methoxy groups -OCH3 is 4. The van der Waals surface area contributed by atoms with Gasteiger partial charge < -0.3 is 29.2 Å². The van der Waals surface area contributed by atoms with E-state index in [1.807, 2.05) is 82.3 Å². The van der Waals surface area contributed by atoms with Crippen LogP contribution in [0.1, 0.15) is 37.5 Å². The molecule has 4 aromatic rings. The highest BCUT2D eigenvalue weighted by Gasteiger charge is 2.37. The van der Waals surface area contributed by atoms with Gasteiger partial charge in [0.15, 0.2) is 11.5 Å². The molecule has 272 valence electrons. The fraction of sp³-hybridized carbons (Fsp3) is 0.333. The molecule has 11 nitrogen and oxygen atoms in total. The smallest absolute Gasteiger partial charge is 0.265 e. The number of rotatable bonds is 15. The first-order chi connectivity index (χ1) is 24.2. The van der Waals surface area contributed by atoms with E-state index in [1.54, 1.807) is 12.1 Å². The predicted octanol–water partition coefficient (Wildman–Crippen LogP) is 5.78. The minimum Gasteiger partial charge on any atom is -0.497 e. The number of carbonyl (C=O) groups excluding carboxylic acids is 2. The predicted molar refractivity (Wildman–Crippen MR) is 197 cm³/mol. The summed E-state index contributed by atoms with van der Waals surface area (Å²) in [5.74, 6) is 0.0543. The molecule has 0 saturated carbocycles. The lowest BCUT2D eigenvalue weighted by atomic mass is 10.00. The van der Waals surface area contributed by atoms with E-state index in [1.165, 1.54) is 57.6 Å². The number of nitrogens with one attached hydrogen (secondary N) is 1. The maximum atomic E-state index is 14.9. The van der Waals surface area contributed by atoms with Gasteiger partial charge in [-0.05, 0) is 68.7 Å². The average Bonchev–Trinajstić information content (AvgIpc) is 3.11. The zero-order chi connectivity index (χ0) is 37.3. The Bertz CT molecular complexity index is 1930. The zero-order valence-corrected chi connectivity index (χ0v) is 31.2. The number of aryl methyl sites for hydroxylation is 1. The third kappa shape index (κ3) is 9.52. The first-order valence-corrected chi connectivity index (χ1v) is 17.8. The number of sulfonamides is 1. The van der Waals surface area contributed by atoms with Gasteiger partial charge in [-0.1, -0.05) is 54.6 Å². The van der Waals surface area contributed by atoms with Crippen molar-refractivity contribution in [3.8, 4) is 23.0 Å². The fourth-order valence-electron chi connectivity index (χ4n) is 5.59. The largest absolute Gasteiger partial charge is 0.497 e. The van der Waals surface area contributed by atoms with Crippen molar-refractivity contribution in [3.05, 3.63) is 108 Å². The Morgan fingerprint density at radius 1 is 0.765 bits per heavy atom. The first-order valence-electron chi connectivity index (χ1n) is 16.4. The van der Waals surface area contributed by atoms with Gasteiger partial charge in [0.1, 0.15) is 24.1 Å². The van der Waals surface area contributed by atoms with Gasteiger partial charge in [0, 0.05) is 30.6 Å². The van der Waals surface area contributed by atoms with Crippen LogP contribution in [0.15, 0.2) is 95.9 Å². The summed E-state index contributed by atoms with van der Waals surface area (Å²) >= 11 is 0. The van der Waals surface area contributed by atoms with Crippen molar-refractivity contribution >= 4 is 27.5 Å². The number of hydrogen-bond acceptors (Lipinski definition) is 8. The molecule has 0 aliphatic carbocycles. The molecule has 0 spiro atoms. The molecule has 0 fully saturated rings. The molecule has 0 aromatic heterocycles. The van der Waals surface area contributed by atoms with Gasteiger partial charge in [0.25, 0.3) is 10.0 Å². The molecule has 51 heavy (non-hydrogen) atoms. The Labute approximate surface area is 301 Å². The van der Waals surface area contributed by atoms with Crippen LogP contribution in [-0.2, 0) is 32.6 Å². The van der Waals surface area contributed by atoms with Crippen LogP contribution in [0.2, 0.25) is 0 Å². The van der Waals surface area contributed by atoms with Gasteiger partial charge in [-0.2, -0.15) is 0 Å². The van der Waals surface area contributed by atoms with Gasteiger partial charge in [-0.3, -0.25) is 13.9 Å². The highest BCUT2D eigenvalue weighted by atomic mass is 32.2. The lowest BCUT2D eigenvalue weighted by Gasteiger charge is -2.35. The normalized spacial score (nSPS) is 12.0.